The van der Waals surface area contributed by atoms with Crippen molar-refractivity contribution in [3.05, 3.63) is 12.4 Å². The second kappa shape index (κ2) is 8.48. The van der Waals surface area contributed by atoms with Gasteiger partial charge in [-0.25, -0.2) is 13.1 Å². The van der Waals surface area contributed by atoms with Crippen LogP contribution in [-0.4, -0.2) is 86.3 Å². The number of nitrogens with one attached hydrogen (secondary N) is 2. The zero-order valence-corrected chi connectivity index (χ0v) is 16.9. The Morgan fingerprint density at radius 3 is 2.61 bits per heavy atom. The molecular weight excluding hydrogens is 382 g/mol. The van der Waals surface area contributed by atoms with Crippen LogP contribution in [0.2, 0.25) is 0 Å². The molecule has 10 heteroatoms. The molecule has 3 heterocycles. The molecule has 156 valence electrons. The van der Waals surface area contributed by atoms with E-state index in [0.717, 1.165) is 38.4 Å². The molecule has 1 aromatic heterocycles. The van der Waals surface area contributed by atoms with E-state index < -0.39 is 10.0 Å². The number of carbonyl (C=O) groups is 1. The molecule has 28 heavy (non-hydrogen) atoms. The Labute approximate surface area is 165 Å². The van der Waals surface area contributed by atoms with E-state index in [9.17, 15) is 13.2 Å². The number of ether oxygens (including phenoxy) is 1. The molecule has 0 spiro atoms. The number of hydrogen-bond acceptors (Lipinski definition) is 6. The molecule has 0 radical (unpaired) electrons. The molecule has 2 N–H and O–H groups in total. The van der Waals surface area contributed by atoms with Gasteiger partial charge in [-0.05, 0) is 50.6 Å². The number of nitrogens with zero attached hydrogens (tertiary/aromatic N) is 3. The maximum Gasteiger partial charge on any atom is 0.248 e. The van der Waals surface area contributed by atoms with Gasteiger partial charge in [0.2, 0.25) is 15.9 Å². The molecule has 1 aliphatic carbocycles. The summed E-state index contributed by atoms with van der Waals surface area (Å²) in [7, 11) is -3.62. The number of H-pyrrole nitrogens is 1. The molecule has 1 amide bonds. The highest BCUT2D eigenvalue weighted by Crippen LogP contribution is 2.31. The summed E-state index contributed by atoms with van der Waals surface area (Å²) in [5.41, 5.74) is 0. The van der Waals surface area contributed by atoms with E-state index in [1.807, 2.05) is 4.90 Å². The molecule has 9 nitrogen and oxygen atoms in total. The van der Waals surface area contributed by atoms with Crippen LogP contribution in [-0.2, 0) is 19.6 Å². The Morgan fingerprint density at radius 2 is 1.93 bits per heavy atom. The number of likely N-dealkylation sites (tertiary alicyclic amines) is 1. The minimum Gasteiger partial charge on any atom is -0.365 e. The Balaban J connectivity index is 1.23. The fraction of sp³-hybridized carbons (Fsp3) is 0.778. The first-order chi connectivity index (χ1) is 13.5. The number of aromatic amines is 1. The minimum atomic E-state index is -3.62. The Hall–Kier alpha value is -1.49. The molecule has 1 saturated carbocycles. The molecule has 3 fully saturated rings. The smallest absolute Gasteiger partial charge is 0.248 e. The second-order valence-corrected chi connectivity index (χ2v) is 9.97. The molecule has 1 atom stereocenters. The normalized spacial score (nSPS) is 25.4. The quantitative estimate of drug-likeness (QED) is 0.625. The van der Waals surface area contributed by atoms with Crippen LogP contribution in [0, 0.1) is 11.8 Å². The van der Waals surface area contributed by atoms with E-state index >= 15 is 0 Å². The molecule has 0 aromatic carbocycles. The summed E-state index contributed by atoms with van der Waals surface area (Å²) in [4.78, 5) is 16.8. The van der Waals surface area contributed by atoms with Crippen molar-refractivity contribution in [2.75, 3.05) is 45.9 Å². The van der Waals surface area contributed by atoms with Gasteiger partial charge in [-0.1, -0.05) is 0 Å². The van der Waals surface area contributed by atoms with Crippen LogP contribution in [0.4, 0.5) is 0 Å². The van der Waals surface area contributed by atoms with Gasteiger partial charge in [0.1, 0.15) is 11.5 Å². The van der Waals surface area contributed by atoms with Crippen molar-refractivity contribution in [3.8, 4) is 0 Å². The minimum absolute atomic E-state index is 0.00523. The topological polar surface area (TPSA) is 108 Å². The van der Waals surface area contributed by atoms with Crippen molar-refractivity contribution in [1.82, 2.24) is 24.7 Å². The first kappa shape index (κ1) is 19.8. The van der Waals surface area contributed by atoms with Crippen molar-refractivity contribution in [2.24, 2.45) is 11.8 Å². The predicted molar refractivity (Wildman–Crippen MR) is 102 cm³/mol. The number of sulfonamides is 1. The second-order valence-electron chi connectivity index (χ2n) is 8.20. The predicted octanol–water partition coefficient (Wildman–Crippen LogP) is 0.0374. The average molecular weight is 412 g/mol. The standard InChI is InChI=1S/C18H29N5O4S/c24-18-13-27-16(7-21-28(25,26)17-8-19-20-9-17)12-23(18)11-15-3-5-22(6-4-15)10-14-1-2-14/h8-9,14-16,21H,1-7,10-13H2,(H,19,20)/t16-/m0/s1. The van der Waals surface area contributed by atoms with Crippen molar-refractivity contribution in [2.45, 2.75) is 36.7 Å². The maximum atomic E-state index is 12.3. The summed E-state index contributed by atoms with van der Waals surface area (Å²) in [5.74, 6) is 1.43. The number of morpholine rings is 1. The zero-order valence-electron chi connectivity index (χ0n) is 16.0. The number of hydrogen-bond donors (Lipinski definition) is 2. The number of carbonyl (C=O) groups excluding carboxylic acids is 1. The van der Waals surface area contributed by atoms with Gasteiger partial charge in [0.25, 0.3) is 0 Å². The largest absolute Gasteiger partial charge is 0.365 e. The number of amides is 1. The lowest BCUT2D eigenvalue weighted by molar-refractivity contribution is -0.149. The van der Waals surface area contributed by atoms with Gasteiger partial charge in [-0.15, -0.1) is 0 Å². The third-order valence-electron chi connectivity index (χ3n) is 5.90. The number of rotatable bonds is 8. The summed E-state index contributed by atoms with van der Waals surface area (Å²) >= 11 is 0. The SMILES string of the molecule is O=C1CO[C@@H](CNS(=O)(=O)c2cn[nH]c2)CN1CC1CCN(CC2CC2)CC1. The van der Waals surface area contributed by atoms with E-state index in [-0.39, 0.29) is 30.1 Å². The van der Waals surface area contributed by atoms with Crippen LogP contribution in [0.1, 0.15) is 25.7 Å². The third kappa shape index (κ3) is 5.11. The Kier molecular flexibility index (Phi) is 6.00. The fourth-order valence-electron chi connectivity index (χ4n) is 3.98. The Bertz CT molecular complexity index is 757. The molecular formula is C18H29N5O4S. The lowest BCUT2D eigenvalue weighted by atomic mass is 9.95. The van der Waals surface area contributed by atoms with Crippen LogP contribution in [0.15, 0.2) is 17.3 Å². The Morgan fingerprint density at radius 1 is 1.18 bits per heavy atom. The van der Waals surface area contributed by atoms with Crippen molar-refractivity contribution in [1.29, 1.82) is 0 Å². The molecule has 2 saturated heterocycles. The third-order valence-corrected chi connectivity index (χ3v) is 7.29. The average Bonchev–Trinajstić information content (AvgIpc) is 3.31. The van der Waals surface area contributed by atoms with Gasteiger partial charge < -0.3 is 14.5 Å². The van der Waals surface area contributed by atoms with Gasteiger partial charge in [-0.3, -0.25) is 9.89 Å². The van der Waals surface area contributed by atoms with E-state index in [2.05, 4.69) is 19.8 Å². The first-order valence-electron chi connectivity index (χ1n) is 10.1. The molecule has 1 aromatic rings. The maximum absolute atomic E-state index is 12.3. The lowest BCUT2D eigenvalue weighted by Crippen LogP contribution is -2.52. The molecule has 4 rings (SSSR count). The molecule has 2 aliphatic heterocycles. The summed E-state index contributed by atoms with van der Waals surface area (Å²) in [6.07, 6.45) is 7.26. The molecule has 0 unspecified atom stereocenters. The molecule has 0 bridgehead atoms. The summed E-state index contributed by atoms with van der Waals surface area (Å²) in [6.45, 7) is 4.79. The highest BCUT2D eigenvalue weighted by Gasteiger charge is 2.31. The van der Waals surface area contributed by atoms with Crippen LogP contribution < -0.4 is 4.72 Å². The van der Waals surface area contributed by atoms with E-state index in [0.29, 0.717) is 12.5 Å². The monoisotopic (exact) mass is 411 g/mol. The lowest BCUT2D eigenvalue weighted by Gasteiger charge is -2.38. The highest BCUT2D eigenvalue weighted by atomic mass is 32.2. The first-order valence-corrected chi connectivity index (χ1v) is 11.6. The van der Waals surface area contributed by atoms with Gasteiger partial charge in [0, 0.05) is 32.4 Å². The van der Waals surface area contributed by atoms with Crippen LogP contribution in [0.5, 0.6) is 0 Å². The van der Waals surface area contributed by atoms with Gasteiger partial charge in [0.05, 0.1) is 12.3 Å². The van der Waals surface area contributed by atoms with E-state index in [1.165, 1.54) is 31.8 Å². The van der Waals surface area contributed by atoms with Gasteiger partial charge in [0.15, 0.2) is 0 Å². The van der Waals surface area contributed by atoms with E-state index in [1.54, 1.807) is 0 Å². The van der Waals surface area contributed by atoms with Crippen LogP contribution in [0.3, 0.4) is 0 Å². The van der Waals surface area contributed by atoms with Crippen molar-refractivity contribution in [3.63, 3.8) is 0 Å². The van der Waals surface area contributed by atoms with E-state index in [4.69, 9.17) is 4.74 Å². The van der Waals surface area contributed by atoms with Gasteiger partial charge >= 0.3 is 0 Å². The summed E-state index contributed by atoms with van der Waals surface area (Å²) in [6, 6.07) is 0. The van der Waals surface area contributed by atoms with Crippen LogP contribution in [0.25, 0.3) is 0 Å². The van der Waals surface area contributed by atoms with Gasteiger partial charge in [-0.2, -0.15) is 5.10 Å². The highest BCUT2D eigenvalue weighted by molar-refractivity contribution is 7.89. The van der Waals surface area contributed by atoms with Crippen molar-refractivity contribution >= 4 is 15.9 Å². The number of piperidine rings is 1. The fourth-order valence-corrected chi connectivity index (χ4v) is 4.95. The zero-order chi connectivity index (χ0) is 19.6. The van der Waals surface area contributed by atoms with Crippen LogP contribution >= 0.6 is 0 Å². The summed E-state index contributed by atoms with van der Waals surface area (Å²) < 4.78 is 32.5. The molecule has 3 aliphatic rings. The summed E-state index contributed by atoms with van der Waals surface area (Å²) in [5, 5.41) is 6.16. The van der Waals surface area contributed by atoms with Crippen molar-refractivity contribution < 1.29 is 17.9 Å². The number of aromatic nitrogens is 2.